The molecule has 0 saturated heterocycles. The molecule has 1 amide bonds. The summed E-state index contributed by atoms with van der Waals surface area (Å²) in [6.07, 6.45) is 3.06. The number of benzene rings is 1. The number of carbonyl (C=O) groups excluding carboxylic acids is 1. The molecule has 2 heterocycles. The lowest BCUT2D eigenvalue weighted by Crippen LogP contribution is -2.35. The first-order valence-corrected chi connectivity index (χ1v) is 8.04. The summed E-state index contributed by atoms with van der Waals surface area (Å²) in [6.45, 7) is 4.94. The molecule has 2 N–H and O–H groups in total. The van der Waals surface area contributed by atoms with Gasteiger partial charge in [-0.25, -0.2) is 4.79 Å². The zero-order valence-electron chi connectivity index (χ0n) is 13.3. The molecule has 0 bridgehead atoms. The number of hydrogen-bond donors (Lipinski definition) is 2. The number of imidazole rings is 1. The van der Waals surface area contributed by atoms with Crippen LogP contribution in [0.2, 0.25) is 0 Å². The van der Waals surface area contributed by atoms with E-state index in [0.29, 0.717) is 13.1 Å². The number of rotatable bonds is 5. The molecule has 1 aliphatic heterocycles. The van der Waals surface area contributed by atoms with Gasteiger partial charge >= 0.3 is 5.69 Å². The molecule has 0 fully saturated rings. The van der Waals surface area contributed by atoms with E-state index < -0.39 is 0 Å². The van der Waals surface area contributed by atoms with Crippen molar-refractivity contribution in [3.05, 3.63) is 46.4 Å². The molecular formula is C17H22N4O2. The van der Waals surface area contributed by atoms with Crippen LogP contribution in [0.4, 0.5) is 0 Å². The molecule has 23 heavy (non-hydrogen) atoms. The molecule has 0 unspecified atom stereocenters. The summed E-state index contributed by atoms with van der Waals surface area (Å²) < 4.78 is 3.24. The van der Waals surface area contributed by atoms with E-state index in [1.54, 1.807) is 9.13 Å². The summed E-state index contributed by atoms with van der Waals surface area (Å²) in [4.78, 5) is 24.7. The second-order valence-electron chi connectivity index (χ2n) is 5.69. The minimum Gasteiger partial charge on any atom is -0.351 e. The first kappa shape index (κ1) is 15.6. The van der Waals surface area contributed by atoms with Gasteiger partial charge in [-0.3, -0.25) is 13.9 Å². The van der Waals surface area contributed by atoms with Gasteiger partial charge in [0.15, 0.2) is 0 Å². The highest BCUT2D eigenvalue weighted by Gasteiger charge is 2.14. The maximum absolute atomic E-state index is 12.5. The Morgan fingerprint density at radius 2 is 2.00 bits per heavy atom. The van der Waals surface area contributed by atoms with Crippen LogP contribution in [0.15, 0.2) is 40.7 Å². The summed E-state index contributed by atoms with van der Waals surface area (Å²) >= 11 is 0. The van der Waals surface area contributed by atoms with E-state index in [0.717, 1.165) is 30.5 Å². The highest BCUT2D eigenvalue weighted by atomic mass is 16.2. The lowest BCUT2D eigenvalue weighted by molar-refractivity contribution is -0.121. The van der Waals surface area contributed by atoms with E-state index in [4.69, 9.17) is 0 Å². The molecule has 122 valence electrons. The fourth-order valence-electron chi connectivity index (χ4n) is 2.97. The number of aryl methyl sites for hydroxylation is 1. The van der Waals surface area contributed by atoms with Gasteiger partial charge in [-0.15, -0.1) is 0 Å². The van der Waals surface area contributed by atoms with Crippen LogP contribution in [0, 0.1) is 0 Å². The van der Waals surface area contributed by atoms with Crippen LogP contribution >= 0.6 is 0 Å². The van der Waals surface area contributed by atoms with Crippen molar-refractivity contribution in [2.45, 2.75) is 26.4 Å². The monoisotopic (exact) mass is 314 g/mol. The third kappa shape index (κ3) is 3.22. The molecule has 1 aromatic heterocycles. The second kappa shape index (κ2) is 6.83. The van der Waals surface area contributed by atoms with Gasteiger partial charge in [0, 0.05) is 19.6 Å². The summed E-state index contributed by atoms with van der Waals surface area (Å²) in [5, 5.41) is 6.16. The summed E-state index contributed by atoms with van der Waals surface area (Å²) in [6, 6.07) is 7.58. The Balaban J connectivity index is 1.76. The number of carbonyl (C=O) groups is 1. The van der Waals surface area contributed by atoms with Crippen LogP contribution in [-0.2, 0) is 17.9 Å². The molecule has 6 heteroatoms. The highest BCUT2D eigenvalue weighted by molar-refractivity contribution is 5.81. The summed E-state index contributed by atoms with van der Waals surface area (Å²) in [5.41, 5.74) is 2.77. The van der Waals surface area contributed by atoms with Crippen molar-refractivity contribution in [3.8, 4) is 0 Å². The minimum atomic E-state index is -0.134. The van der Waals surface area contributed by atoms with Gasteiger partial charge in [0.2, 0.25) is 5.91 Å². The first-order valence-electron chi connectivity index (χ1n) is 8.04. The molecule has 0 spiro atoms. The molecule has 1 aromatic carbocycles. The Bertz CT molecular complexity index is 801. The third-order valence-electron chi connectivity index (χ3n) is 4.21. The molecule has 0 saturated carbocycles. The molecule has 3 rings (SSSR count). The number of fused-ring (bicyclic) bond motifs is 1. The number of hydrogen-bond acceptors (Lipinski definition) is 3. The summed E-state index contributed by atoms with van der Waals surface area (Å²) in [7, 11) is 0. The maximum Gasteiger partial charge on any atom is 0.329 e. The van der Waals surface area contributed by atoms with Gasteiger partial charge in [0.1, 0.15) is 6.54 Å². The molecule has 0 aliphatic carbocycles. The van der Waals surface area contributed by atoms with E-state index in [2.05, 4.69) is 16.7 Å². The zero-order valence-corrected chi connectivity index (χ0v) is 13.3. The van der Waals surface area contributed by atoms with Crippen molar-refractivity contribution in [1.29, 1.82) is 0 Å². The normalized spacial score (nSPS) is 14.7. The molecule has 0 atom stereocenters. The van der Waals surface area contributed by atoms with Crippen LogP contribution in [-0.4, -0.2) is 34.7 Å². The van der Waals surface area contributed by atoms with Crippen LogP contribution < -0.4 is 16.3 Å². The standard InChI is InChI=1S/C17H22N4O2/c1-2-20-14-5-3-4-6-15(14)21(17(20)23)12-16(22)19-11-13-7-9-18-10-8-13/h3-7,18H,2,8-12H2,1H3,(H,19,22). The van der Waals surface area contributed by atoms with Gasteiger partial charge in [-0.1, -0.05) is 23.8 Å². The predicted molar refractivity (Wildman–Crippen MR) is 90.5 cm³/mol. The van der Waals surface area contributed by atoms with Crippen molar-refractivity contribution in [2.75, 3.05) is 19.6 Å². The fraction of sp³-hybridized carbons (Fsp3) is 0.412. The molecule has 1 aliphatic rings. The first-order chi connectivity index (χ1) is 11.2. The Labute approximate surface area is 134 Å². The van der Waals surface area contributed by atoms with Crippen LogP contribution in [0.25, 0.3) is 11.0 Å². The maximum atomic E-state index is 12.5. The number of nitrogens with zero attached hydrogens (tertiary/aromatic N) is 2. The lowest BCUT2D eigenvalue weighted by Gasteiger charge is -2.14. The zero-order chi connectivity index (χ0) is 16.2. The number of para-hydroxylation sites is 2. The topological polar surface area (TPSA) is 68.1 Å². The number of aromatic nitrogens is 2. The number of amides is 1. The average Bonchev–Trinajstić information content (AvgIpc) is 2.85. The van der Waals surface area contributed by atoms with Crippen molar-refractivity contribution < 1.29 is 4.79 Å². The van der Waals surface area contributed by atoms with Gasteiger partial charge in [0.05, 0.1) is 11.0 Å². The molecule has 2 aromatic rings. The second-order valence-corrected chi connectivity index (χ2v) is 5.69. The number of nitrogens with one attached hydrogen (secondary N) is 2. The third-order valence-corrected chi connectivity index (χ3v) is 4.21. The van der Waals surface area contributed by atoms with Gasteiger partial charge in [-0.2, -0.15) is 0 Å². The Morgan fingerprint density at radius 3 is 2.65 bits per heavy atom. The SMILES string of the molecule is CCn1c(=O)n(CC(=O)NCC2=CCNCC2)c2ccccc21. The van der Waals surface area contributed by atoms with Crippen molar-refractivity contribution in [3.63, 3.8) is 0 Å². The lowest BCUT2D eigenvalue weighted by atomic mass is 10.1. The Morgan fingerprint density at radius 1 is 1.26 bits per heavy atom. The van der Waals surface area contributed by atoms with Crippen molar-refractivity contribution in [1.82, 2.24) is 19.8 Å². The van der Waals surface area contributed by atoms with Gasteiger partial charge in [-0.05, 0) is 32.0 Å². The fourth-order valence-corrected chi connectivity index (χ4v) is 2.97. The van der Waals surface area contributed by atoms with E-state index in [1.165, 1.54) is 5.57 Å². The smallest absolute Gasteiger partial charge is 0.329 e. The van der Waals surface area contributed by atoms with Gasteiger partial charge in [0.25, 0.3) is 0 Å². The van der Waals surface area contributed by atoms with Crippen LogP contribution in [0.1, 0.15) is 13.3 Å². The molecular weight excluding hydrogens is 292 g/mol. The minimum absolute atomic E-state index is 0.0534. The Hall–Kier alpha value is -2.34. The van der Waals surface area contributed by atoms with Gasteiger partial charge < -0.3 is 10.6 Å². The van der Waals surface area contributed by atoms with E-state index in [1.807, 2.05) is 31.2 Å². The Kier molecular flexibility index (Phi) is 4.62. The molecule has 0 radical (unpaired) electrons. The van der Waals surface area contributed by atoms with E-state index in [9.17, 15) is 9.59 Å². The van der Waals surface area contributed by atoms with Crippen LogP contribution in [0.5, 0.6) is 0 Å². The largest absolute Gasteiger partial charge is 0.351 e. The van der Waals surface area contributed by atoms with Crippen molar-refractivity contribution >= 4 is 16.9 Å². The quantitative estimate of drug-likeness (QED) is 0.804. The molecule has 6 nitrogen and oxygen atoms in total. The highest BCUT2D eigenvalue weighted by Crippen LogP contribution is 2.12. The van der Waals surface area contributed by atoms with Crippen molar-refractivity contribution in [2.24, 2.45) is 0 Å². The van der Waals surface area contributed by atoms with E-state index >= 15 is 0 Å². The van der Waals surface area contributed by atoms with E-state index in [-0.39, 0.29) is 18.1 Å². The predicted octanol–water partition coefficient (Wildman–Crippen LogP) is 0.859. The summed E-state index contributed by atoms with van der Waals surface area (Å²) in [5.74, 6) is -0.134. The van der Waals surface area contributed by atoms with Crippen LogP contribution in [0.3, 0.4) is 0 Å². The average molecular weight is 314 g/mol.